The lowest BCUT2D eigenvalue weighted by molar-refractivity contribution is -0.0495. The topological polar surface area (TPSA) is 42.1 Å². The molecule has 2 rings (SSSR count). The monoisotopic (exact) mass is 257 g/mol. The number of alkyl halides is 2. The molecule has 0 atom stereocenters. The number of fused-ring (bicyclic) bond motifs is 1. The van der Waals surface area contributed by atoms with Gasteiger partial charge in [-0.15, -0.1) is 0 Å². The van der Waals surface area contributed by atoms with Crippen LogP contribution in [0.4, 0.5) is 13.2 Å². The van der Waals surface area contributed by atoms with Crippen molar-refractivity contribution in [3.8, 4) is 5.75 Å². The van der Waals surface area contributed by atoms with Gasteiger partial charge >= 0.3 is 6.61 Å². The summed E-state index contributed by atoms with van der Waals surface area (Å²) in [5.74, 6) is -1.09. The lowest BCUT2D eigenvalue weighted by Crippen LogP contribution is -2.11. The molecule has 0 aliphatic heterocycles. The number of halogens is 3. The molecule has 1 heterocycles. The van der Waals surface area contributed by atoms with Crippen molar-refractivity contribution in [2.24, 2.45) is 0 Å². The summed E-state index contributed by atoms with van der Waals surface area (Å²) in [7, 11) is 0. The summed E-state index contributed by atoms with van der Waals surface area (Å²) in [6.07, 6.45) is 1.38. The highest BCUT2D eigenvalue weighted by Gasteiger charge is 2.17. The fourth-order valence-electron chi connectivity index (χ4n) is 1.74. The van der Waals surface area contributed by atoms with Crippen LogP contribution < -0.4 is 10.2 Å². The number of ether oxygens (including phenoxy) is 1. The number of rotatable bonds is 2. The van der Waals surface area contributed by atoms with Crippen LogP contribution >= 0.6 is 0 Å². The molecule has 0 amide bonds. The Bertz CT molecular complexity index is 664. The minimum Gasteiger partial charge on any atom is -0.432 e. The van der Waals surface area contributed by atoms with E-state index in [2.05, 4.69) is 9.72 Å². The third kappa shape index (κ3) is 1.94. The van der Waals surface area contributed by atoms with Crippen LogP contribution in [-0.4, -0.2) is 11.6 Å². The van der Waals surface area contributed by atoms with Crippen LogP contribution in [-0.2, 0) is 0 Å². The lowest BCUT2D eigenvalue weighted by atomic mass is 10.1. The van der Waals surface area contributed by atoms with Crippen LogP contribution in [0.2, 0.25) is 0 Å². The molecule has 0 fully saturated rings. The third-order valence-corrected chi connectivity index (χ3v) is 2.71. The van der Waals surface area contributed by atoms with E-state index in [1.54, 1.807) is 6.92 Å². The fourth-order valence-corrected chi connectivity index (χ4v) is 1.74. The first-order valence-corrected chi connectivity index (χ1v) is 5.17. The van der Waals surface area contributed by atoms with Crippen LogP contribution in [0.15, 0.2) is 17.1 Å². The molecule has 3 nitrogen and oxygen atoms in total. The van der Waals surface area contributed by atoms with Gasteiger partial charge in [-0.05, 0) is 19.9 Å². The fraction of sp³-hybridized carbons (Fsp3) is 0.250. The first-order chi connectivity index (χ1) is 8.41. The zero-order chi connectivity index (χ0) is 13.4. The maximum absolute atomic E-state index is 13.6. The number of aromatic amines is 1. The molecule has 2 aromatic rings. The van der Waals surface area contributed by atoms with Crippen LogP contribution in [0.5, 0.6) is 5.75 Å². The zero-order valence-corrected chi connectivity index (χ0v) is 9.68. The molecular formula is C12H10F3NO2. The number of aryl methyl sites for hydroxylation is 1. The van der Waals surface area contributed by atoms with E-state index in [-0.39, 0.29) is 22.2 Å². The summed E-state index contributed by atoms with van der Waals surface area (Å²) in [5.41, 5.74) is -0.0392. The van der Waals surface area contributed by atoms with Crippen molar-refractivity contribution in [1.82, 2.24) is 4.98 Å². The summed E-state index contributed by atoms with van der Waals surface area (Å²) in [6.45, 7) is -0.229. The van der Waals surface area contributed by atoms with Crippen LogP contribution in [0.25, 0.3) is 10.9 Å². The summed E-state index contributed by atoms with van der Waals surface area (Å²) in [5, 5.41) is -0.00579. The van der Waals surface area contributed by atoms with E-state index >= 15 is 0 Å². The van der Waals surface area contributed by atoms with Gasteiger partial charge < -0.3 is 9.72 Å². The van der Waals surface area contributed by atoms with Crippen molar-refractivity contribution in [1.29, 1.82) is 0 Å². The molecule has 0 aliphatic rings. The van der Waals surface area contributed by atoms with Crippen LogP contribution in [0, 0.1) is 19.7 Å². The molecule has 0 radical (unpaired) electrons. The van der Waals surface area contributed by atoms with Crippen molar-refractivity contribution in [2.45, 2.75) is 20.5 Å². The van der Waals surface area contributed by atoms with Crippen LogP contribution in [0.1, 0.15) is 11.1 Å². The van der Waals surface area contributed by atoms with Gasteiger partial charge in [0.1, 0.15) is 5.82 Å². The molecule has 0 saturated heterocycles. The highest BCUT2D eigenvalue weighted by Crippen LogP contribution is 2.30. The molecule has 96 valence electrons. The average molecular weight is 257 g/mol. The van der Waals surface area contributed by atoms with E-state index in [4.69, 9.17) is 0 Å². The van der Waals surface area contributed by atoms with E-state index in [9.17, 15) is 18.0 Å². The maximum Gasteiger partial charge on any atom is 0.387 e. The second-order valence-electron chi connectivity index (χ2n) is 3.91. The molecular weight excluding hydrogens is 247 g/mol. The van der Waals surface area contributed by atoms with Crippen LogP contribution in [0.3, 0.4) is 0 Å². The van der Waals surface area contributed by atoms with Gasteiger partial charge in [-0.3, -0.25) is 4.79 Å². The Morgan fingerprint density at radius 1 is 1.33 bits per heavy atom. The minimum absolute atomic E-state index is 0.00579. The van der Waals surface area contributed by atoms with Gasteiger partial charge in [0, 0.05) is 17.3 Å². The molecule has 1 N–H and O–H groups in total. The first kappa shape index (κ1) is 12.5. The van der Waals surface area contributed by atoms with Gasteiger partial charge in [0.25, 0.3) is 0 Å². The normalized spacial score (nSPS) is 11.2. The van der Waals surface area contributed by atoms with Crippen molar-refractivity contribution in [3.05, 3.63) is 39.4 Å². The van der Waals surface area contributed by atoms with E-state index in [1.807, 2.05) is 0 Å². The SMILES string of the molecule is Cc1c(F)cc2c(=O)c(C)c[nH]c2c1OC(F)F. The number of benzene rings is 1. The van der Waals surface area contributed by atoms with E-state index in [0.29, 0.717) is 5.56 Å². The Balaban J connectivity index is 2.86. The van der Waals surface area contributed by atoms with Gasteiger partial charge in [0.15, 0.2) is 11.2 Å². The van der Waals surface area contributed by atoms with Crippen molar-refractivity contribution in [3.63, 3.8) is 0 Å². The molecule has 0 unspecified atom stereocenters. The summed E-state index contributed by atoms with van der Waals surface area (Å²) in [4.78, 5) is 14.5. The Kier molecular flexibility index (Phi) is 3.02. The summed E-state index contributed by atoms with van der Waals surface area (Å²) >= 11 is 0. The molecule has 1 aromatic carbocycles. The largest absolute Gasteiger partial charge is 0.432 e. The highest BCUT2D eigenvalue weighted by molar-refractivity contribution is 5.86. The molecule has 1 aromatic heterocycles. The molecule has 0 bridgehead atoms. The predicted octanol–water partition coefficient (Wildman–Crippen LogP) is 2.89. The minimum atomic E-state index is -3.08. The Morgan fingerprint density at radius 3 is 2.61 bits per heavy atom. The maximum atomic E-state index is 13.6. The predicted molar refractivity (Wildman–Crippen MR) is 60.6 cm³/mol. The zero-order valence-electron chi connectivity index (χ0n) is 9.68. The highest BCUT2D eigenvalue weighted by atomic mass is 19.3. The first-order valence-electron chi connectivity index (χ1n) is 5.17. The Labute approximate surface area is 100 Å². The van der Waals surface area contributed by atoms with Crippen molar-refractivity contribution < 1.29 is 17.9 Å². The molecule has 0 saturated carbocycles. The number of pyridine rings is 1. The average Bonchev–Trinajstić information content (AvgIpc) is 2.30. The Hall–Kier alpha value is -1.98. The van der Waals surface area contributed by atoms with Gasteiger partial charge in [0.05, 0.1) is 10.9 Å². The number of hydrogen-bond donors (Lipinski definition) is 1. The van der Waals surface area contributed by atoms with E-state index in [0.717, 1.165) is 6.07 Å². The van der Waals surface area contributed by atoms with Gasteiger partial charge in [0.2, 0.25) is 0 Å². The molecule has 0 spiro atoms. The molecule has 0 aliphatic carbocycles. The van der Waals surface area contributed by atoms with Gasteiger partial charge in [-0.1, -0.05) is 0 Å². The number of hydrogen-bond acceptors (Lipinski definition) is 2. The van der Waals surface area contributed by atoms with Crippen molar-refractivity contribution >= 4 is 10.9 Å². The van der Waals surface area contributed by atoms with Gasteiger partial charge in [-0.2, -0.15) is 8.78 Å². The second-order valence-corrected chi connectivity index (χ2v) is 3.91. The quantitative estimate of drug-likeness (QED) is 0.898. The van der Waals surface area contributed by atoms with E-state index < -0.39 is 17.9 Å². The third-order valence-electron chi connectivity index (χ3n) is 2.71. The smallest absolute Gasteiger partial charge is 0.387 e. The number of H-pyrrole nitrogens is 1. The number of aromatic nitrogens is 1. The Morgan fingerprint density at radius 2 is 2.00 bits per heavy atom. The standard InChI is InChI=1S/C12H10F3NO2/c1-5-4-16-9-7(10(5)17)3-8(13)6(2)11(9)18-12(14)15/h3-4,12H,1-2H3,(H,16,17). The van der Waals surface area contributed by atoms with E-state index in [1.165, 1.54) is 13.1 Å². The molecule has 6 heteroatoms. The lowest BCUT2D eigenvalue weighted by Gasteiger charge is -2.12. The summed E-state index contributed by atoms with van der Waals surface area (Å²) < 4.78 is 42.5. The number of nitrogens with one attached hydrogen (secondary N) is 1. The second kappa shape index (κ2) is 4.36. The summed E-state index contributed by atoms with van der Waals surface area (Å²) in [6, 6.07) is 1.02. The van der Waals surface area contributed by atoms with Gasteiger partial charge in [-0.25, -0.2) is 4.39 Å². The molecule has 18 heavy (non-hydrogen) atoms. The van der Waals surface area contributed by atoms with Crippen molar-refractivity contribution in [2.75, 3.05) is 0 Å².